The molecule has 5 rings (SSSR count). The van der Waals surface area contributed by atoms with Gasteiger partial charge in [0.25, 0.3) is 0 Å². The third-order valence-electron chi connectivity index (χ3n) is 5.43. The maximum atomic E-state index is 5.90. The van der Waals surface area contributed by atoms with Crippen LogP contribution in [0.4, 0.5) is 0 Å². The molecule has 148 valence electrons. The number of likely N-dealkylation sites (tertiary alicyclic amines) is 1. The summed E-state index contributed by atoms with van der Waals surface area (Å²) in [5, 5.41) is 17.7. The zero-order valence-electron chi connectivity index (χ0n) is 16.1. The van der Waals surface area contributed by atoms with Gasteiger partial charge >= 0.3 is 0 Å². The highest BCUT2D eigenvalue weighted by atomic mass is 79.9. The van der Waals surface area contributed by atoms with Crippen LogP contribution in [-0.2, 0) is 6.54 Å². The second-order valence-corrected chi connectivity index (χ2v) is 8.34. The van der Waals surface area contributed by atoms with E-state index in [1.165, 1.54) is 5.56 Å². The summed E-state index contributed by atoms with van der Waals surface area (Å²) < 4.78 is 6.94. The van der Waals surface area contributed by atoms with Crippen molar-refractivity contribution in [3.8, 4) is 11.5 Å². The van der Waals surface area contributed by atoms with E-state index in [0.29, 0.717) is 24.4 Å². The van der Waals surface area contributed by atoms with E-state index in [1.54, 1.807) is 0 Å². The highest BCUT2D eigenvalue weighted by Gasteiger charge is 2.24. The topological polar surface area (TPSA) is 72.9 Å². The summed E-state index contributed by atoms with van der Waals surface area (Å²) in [5.74, 6) is 1.21. The molecule has 3 heterocycles. The number of nitrogens with zero attached hydrogens (tertiary/aromatic N) is 6. The Bertz CT molecular complexity index is 1110. The molecule has 0 bridgehead atoms. The lowest BCUT2D eigenvalue weighted by Gasteiger charge is -2.30. The van der Waals surface area contributed by atoms with Gasteiger partial charge in [-0.15, -0.1) is 10.2 Å². The SMILES string of the molecule is Cc1ccc(-c2nnc(CN3CCC(n4nc5ccccc5n4)CC3)o2)cc1Br. The lowest BCUT2D eigenvalue weighted by molar-refractivity contribution is 0.154. The number of hydrogen-bond donors (Lipinski definition) is 0. The van der Waals surface area contributed by atoms with Crippen LogP contribution in [0, 0.1) is 6.92 Å². The summed E-state index contributed by atoms with van der Waals surface area (Å²) in [5.41, 5.74) is 4.01. The maximum absolute atomic E-state index is 5.90. The zero-order chi connectivity index (χ0) is 19.8. The molecule has 1 saturated heterocycles. The third-order valence-corrected chi connectivity index (χ3v) is 6.28. The molecule has 0 aliphatic carbocycles. The Kier molecular flexibility index (Phi) is 4.89. The monoisotopic (exact) mass is 452 g/mol. The number of hydrogen-bond acceptors (Lipinski definition) is 6. The van der Waals surface area contributed by atoms with E-state index in [4.69, 9.17) is 4.42 Å². The summed E-state index contributed by atoms with van der Waals surface area (Å²) in [7, 11) is 0. The van der Waals surface area contributed by atoms with E-state index in [9.17, 15) is 0 Å². The largest absolute Gasteiger partial charge is 0.419 e. The van der Waals surface area contributed by atoms with Gasteiger partial charge in [-0.05, 0) is 49.6 Å². The van der Waals surface area contributed by atoms with Gasteiger partial charge in [0.05, 0.1) is 12.6 Å². The second kappa shape index (κ2) is 7.68. The minimum Gasteiger partial charge on any atom is -0.419 e. The van der Waals surface area contributed by atoms with Gasteiger partial charge in [-0.25, -0.2) is 0 Å². The van der Waals surface area contributed by atoms with Crippen molar-refractivity contribution in [1.29, 1.82) is 0 Å². The van der Waals surface area contributed by atoms with E-state index in [-0.39, 0.29) is 0 Å². The van der Waals surface area contributed by atoms with Crippen molar-refractivity contribution >= 4 is 27.0 Å². The van der Waals surface area contributed by atoms with Gasteiger partial charge in [-0.2, -0.15) is 15.0 Å². The fourth-order valence-corrected chi connectivity index (χ4v) is 4.08. The average molecular weight is 453 g/mol. The first-order chi connectivity index (χ1) is 14.2. The van der Waals surface area contributed by atoms with Crippen LogP contribution in [0.3, 0.4) is 0 Å². The predicted octanol–water partition coefficient (Wildman–Crippen LogP) is 4.39. The number of halogens is 1. The van der Waals surface area contributed by atoms with Gasteiger partial charge in [0.15, 0.2) is 0 Å². The zero-order valence-corrected chi connectivity index (χ0v) is 17.7. The molecule has 0 radical (unpaired) electrons. The van der Waals surface area contributed by atoms with Crippen molar-refractivity contribution in [2.24, 2.45) is 0 Å². The van der Waals surface area contributed by atoms with E-state index in [0.717, 1.165) is 47.0 Å². The molecule has 1 aliphatic heterocycles. The maximum Gasteiger partial charge on any atom is 0.247 e. The molecule has 0 unspecified atom stereocenters. The Morgan fingerprint density at radius 2 is 1.76 bits per heavy atom. The Labute approximate surface area is 176 Å². The fourth-order valence-electron chi connectivity index (χ4n) is 3.70. The van der Waals surface area contributed by atoms with Crippen LogP contribution in [0.1, 0.15) is 30.3 Å². The van der Waals surface area contributed by atoms with Gasteiger partial charge in [-0.3, -0.25) is 4.90 Å². The van der Waals surface area contributed by atoms with Crippen LogP contribution in [0.25, 0.3) is 22.5 Å². The highest BCUT2D eigenvalue weighted by molar-refractivity contribution is 9.10. The van der Waals surface area contributed by atoms with E-state index in [1.807, 2.05) is 47.3 Å². The number of piperidine rings is 1. The molecule has 1 aliphatic rings. The standard InChI is InChI=1S/C21H21BrN6O/c1-14-6-7-15(12-17(14)22)21-24-23-20(29-21)13-27-10-8-16(9-11-27)28-25-18-4-2-3-5-19(18)26-28/h2-7,12,16H,8-11,13H2,1H3. The summed E-state index contributed by atoms with van der Waals surface area (Å²) in [4.78, 5) is 4.24. The summed E-state index contributed by atoms with van der Waals surface area (Å²) >= 11 is 3.56. The minimum atomic E-state index is 0.335. The van der Waals surface area contributed by atoms with Gasteiger partial charge < -0.3 is 4.42 Å². The molecule has 0 atom stereocenters. The Balaban J connectivity index is 1.22. The van der Waals surface area contributed by atoms with E-state index in [2.05, 4.69) is 48.1 Å². The average Bonchev–Trinajstić information content (AvgIpc) is 3.38. The quantitative estimate of drug-likeness (QED) is 0.457. The number of aryl methyl sites for hydroxylation is 1. The van der Waals surface area contributed by atoms with Crippen molar-refractivity contribution in [3.63, 3.8) is 0 Å². The number of rotatable bonds is 4. The molecule has 29 heavy (non-hydrogen) atoms. The van der Waals surface area contributed by atoms with Crippen LogP contribution in [0.5, 0.6) is 0 Å². The van der Waals surface area contributed by atoms with Crippen molar-refractivity contribution in [2.45, 2.75) is 32.4 Å². The number of fused-ring (bicyclic) bond motifs is 1. The van der Waals surface area contributed by atoms with Gasteiger partial charge in [0.1, 0.15) is 11.0 Å². The molecule has 8 heteroatoms. The molecular formula is C21H21BrN6O. The minimum absolute atomic E-state index is 0.335. The molecular weight excluding hydrogens is 432 g/mol. The molecule has 2 aromatic heterocycles. The first kappa shape index (κ1) is 18.4. The normalized spacial score (nSPS) is 15.9. The molecule has 4 aromatic rings. The van der Waals surface area contributed by atoms with Crippen LogP contribution in [-0.4, -0.2) is 43.2 Å². The lowest BCUT2D eigenvalue weighted by atomic mass is 10.1. The van der Waals surface area contributed by atoms with Crippen LogP contribution >= 0.6 is 15.9 Å². The number of benzene rings is 2. The first-order valence-corrected chi connectivity index (χ1v) is 10.6. The molecule has 2 aromatic carbocycles. The molecule has 7 nitrogen and oxygen atoms in total. The Morgan fingerprint density at radius 3 is 2.45 bits per heavy atom. The van der Waals surface area contributed by atoms with E-state index >= 15 is 0 Å². The second-order valence-electron chi connectivity index (χ2n) is 7.48. The first-order valence-electron chi connectivity index (χ1n) is 9.78. The lowest BCUT2D eigenvalue weighted by Crippen LogP contribution is -2.34. The van der Waals surface area contributed by atoms with Crippen LogP contribution in [0.2, 0.25) is 0 Å². The van der Waals surface area contributed by atoms with Crippen molar-refractivity contribution in [3.05, 3.63) is 58.4 Å². The molecule has 0 spiro atoms. The van der Waals surface area contributed by atoms with Crippen molar-refractivity contribution < 1.29 is 4.42 Å². The summed E-state index contributed by atoms with van der Waals surface area (Å²) in [6.45, 7) is 4.63. The Hall–Kier alpha value is -2.58. The number of aromatic nitrogens is 5. The van der Waals surface area contributed by atoms with Gasteiger partial charge in [0.2, 0.25) is 11.8 Å². The smallest absolute Gasteiger partial charge is 0.247 e. The third kappa shape index (κ3) is 3.82. The van der Waals surface area contributed by atoms with Gasteiger partial charge in [0, 0.05) is 23.1 Å². The van der Waals surface area contributed by atoms with Crippen molar-refractivity contribution in [1.82, 2.24) is 30.1 Å². The van der Waals surface area contributed by atoms with E-state index < -0.39 is 0 Å². The van der Waals surface area contributed by atoms with Crippen LogP contribution in [0.15, 0.2) is 51.4 Å². The predicted molar refractivity (Wildman–Crippen MR) is 113 cm³/mol. The summed E-state index contributed by atoms with van der Waals surface area (Å²) in [6.07, 6.45) is 2.01. The summed E-state index contributed by atoms with van der Waals surface area (Å²) in [6, 6.07) is 14.4. The van der Waals surface area contributed by atoms with Crippen LogP contribution < -0.4 is 0 Å². The Morgan fingerprint density at radius 1 is 1.03 bits per heavy atom. The fraction of sp³-hybridized carbons (Fsp3) is 0.333. The molecule has 0 amide bonds. The highest BCUT2D eigenvalue weighted by Crippen LogP contribution is 2.26. The molecule has 0 saturated carbocycles. The van der Waals surface area contributed by atoms with Crippen molar-refractivity contribution in [2.75, 3.05) is 13.1 Å². The van der Waals surface area contributed by atoms with Gasteiger partial charge in [-0.1, -0.05) is 34.1 Å². The molecule has 0 N–H and O–H groups in total. The molecule has 1 fully saturated rings.